The van der Waals surface area contributed by atoms with Gasteiger partial charge in [-0.2, -0.15) is 0 Å². The first-order valence-electron chi connectivity index (χ1n) is 6.40. The van der Waals surface area contributed by atoms with Crippen LogP contribution in [0.15, 0.2) is 0 Å². The molecule has 0 saturated heterocycles. The molecule has 0 aromatic heterocycles. The van der Waals surface area contributed by atoms with Crippen molar-refractivity contribution in [3.63, 3.8) is 0 Å². The summed E-state index contributed by atoms with van der Waals surface area (Å²) >= 11 is 0. The van der Waals surface area contributed by atoms with Gasteiger partial charge >= 0.3 is 0 Å². The van der Waals surface area contributed by atoms with Crippen LogP contribution in [0.2, 0.25) is 0 Å². The van der Waals surface area contributed by atoms with E-state index in [1.807, 2.05) is 34.6 Å². The minimum atomic E-state index is -0.654. The monoisotopic (exact) mass is 232 g/mol. The molecule has 0 radical (unpaired) electrons. The van der Waals surface area contributed by atoms with Crippen molar-refractivity contribution >= 4 is 0 Å². The van der Waals surface area contributed by atoms with Crippen LogP contribution >= 0.6 is 0 Å². The van der Waals surface area contributed by atoms with Crippen LogP contribution in [0.4, 0.5) is 0 Å². The average Bonchev–Trinajstić information content (AvgIpc) is 2.32. The van der Waals surface area contributed by atoms with Gasteiger partial charge in [-0.15, -0.1) is 0 Å². The topological polar surface area (TPSA) is 60.7 Å². The summed E-state index contributed by atoms with van der Waals surface area (Å²) in [7, 11) is 0. The van der Waals surface area contributed by atoms with Gasteiger partial charge in [0.05, 0.1) is 18.3 Å². The van der Waals surface area contributed by atoms with Crippen LogP contribution in [-0.4, -0.2) is 33.6 Å². The number of rotatable bonds is 7. The molecule has 0 bridgehead atoms. The second-order valence-electron chi connectivity index (χ2n) is 5.06. The Morgan fingerprint density at radius 3 is 1.62 bits per heavy atom. The fourth-order valence-corrected chi connectivity index (χ4v) is 2.04. The van der Waals surface area contributed by atoms with Crippen molar-refractivity contribution in [3.8, 4) is 0 Å². The van der Waals surface area contributed by atoms with Crippen LogP contribution < -0.4 is 0 Å². The van der Waals surface area contributed by atoms with E-state index < -0.39 is 18.3 Å². The van der Waals surface area contributed by atoms with E-state index in [4.69, 9.17) is 0 Å². The van der Waals surface area contributed by atoms with Crippen molar-refractivity contribution in [2.24, 2.45) is 17.8 Å². The molecule has 0 aromatic carbocycles. The van der Waals surface area contributed by atoms with Crippen LogP contribution in [0.1, 0.15) is 47.5 Å². The molecule has 16 heavy (non-hydrogen) atoms. The van der Waals surface area contributed by atoms with E-state index in [1.54, 1.807) is 0 Å². The SMILES string of the molecule is CC[C@H](C)[C@H](O)[C@H](C)[C@H](O)[C@@H](C)[C@@H](O)CC. The van der Waals surface area contributed by atoms with Gasteiger partial charge in [0.25, 0.3) is 0 Å². The Balaban J connectivity index is 4.41. The van der Waals surface area contributed by atoms with E-state index in [0.717, 1.165) is 6.42 Å². The Hall–Kier alpha value is -0.120. The minimum Gasteiger partial charge on any atom is -0.393 e. The van der Waals surface area contributed by atoms with E-state index in [9.17, 15) is 15.3 Å². The van der Waals surface area contributed by atoms with Gasteiger partial charge in [-0.05, 0) is 12.3 Å². The summed E-state index contributed by atoms with van der Waals surface area (Å²) in [6.45, 7) is 9.58. The zero-order valence-electron chi connectivity index (χ0n) is 11.2. The molecular formula is C13H28O3. The molecule has 3 nitrogen and oxygen atoms in total. The highest BCUT2D eigenvalue weighted by atomic mass is 16.3. The van der Waals surface area contributed by atoms with Gasteiger partial charge in [0, 0.05) is 11.8 Å². The lowest BCUT2D eigenvalue weighted by Crippen LogP contribution is -2.41. The summed E-state index contributed by atoms with van der Waals surface area (Å²) in [5, 5.41) is 29.8. The van der Waals surface area contributed by atoms with Crippen molar-refractivity contribution in [2.75, 3.05) is 0 Å². The Bertz CT molecular complexity index is 164. The first kappa shape index (κ1) is 15.9. The zero-order chi connectivity index (χ0) is 12.9. The third-order valence-corrected chi connectivity index (χ3v) is 3.87. The molecule has 0 aromatic rings. The van der Waals surface area contributed by atoms with Gasteiger partial charge in [0.15, 0.2) is 0 Å². The van der Waals surface area contributed by atoms with Crippen LogP contribution in [-0.2, 0) is 0 Å². The first-order valence-corrected chi connectivity index (χ1v) is 6.40. The molecule has 0 heterocycles. The highest BCUT2D eigenvalue weighted by Gasteiger charge is 2.32. The van der Waals surface area contributed by atoms with Gasteiger partial charge in [0.2, 0.25) is 0 Å². The van der Waals surface area contributed by atoms with Crippen molar-refractivity contribution in [1.82, 2.24) is 0 Å². The normalized spacial score (nSPS) is 23.2. The second-order valence-corrected chi connectivity index (χ2v) is 5.06. The van der Waals surface area contributed by atoms with Gasteiger partial charge in [-0.3, -0.25) is 0 Å². The largest absolute Gasteiger partial charge is 0.393 e. The maximum atomic E-state index is 10.1. The smallest absolute Gasteiger partial charge is 0.0640 e. The molecule has 6 atom stereocenters. The Morgan fingerprint density at radius 2 is 1.25 bits per heavy atom. The lowest BCUT2D eigenvalue weighted by Gasteiger charge is -2.33. The Kier molecular flexibility index (Phi) is 7.20. The van der Waals surface area contributed by atoms with Gasteiger partial charge in [0.1, 0.15) is 0 Å². The van der Waals surface area contributed by atoms with E-state index in [0.29, 0.717) is 6.42 Å². The van der Waals surface area contributed by atoms with E-state index in [2.05, 4.69) is 0 Å². The molecule has 3 N–H and O–H groups in total. The van der Waals surface area contributed by atoms with E-state index >= 15 is 0 Å². The standard InChI is InChI=1S/C13H28O3/c1-6-8(3)12(15)10(5)13(16)9(4)11(14)7-2/h8-16H,6-7H2,1-5H3/t8-,9-,10-,11-,12-,13+/m0/s1. The molecule has 0 unspecified atom stereocenters. The molecule has 0 rings (SSSR count). The second kappa shape index (κ2) is 7.25. The molecule has 98 valence electrons. The highest BCUT2D eigenvalue weighted by molar-refractivity contribution is 4.81. The lowest BCUT2D eigenvalue weighted by molar-refractivity contribution is -0.0582. The number of aliphatic hydroxyl groups is 3. The summed E-state index contributed by atoms with van der Waals surface area (Å²) in [6.07, 6.45) is -0.139. The van der Waals surface area contributed by atoms with Crippen LogP contribution in [0.5, 0.6) is 0 Å². The molecule has 0 aliphatic heterocycles. The third kappa shape index (κ3) is 4.04. The van der Waals surface area contributed by atoms with Crippen LogP contribution in [0.3, 0.4) is 0 Å². The van der Waals surface area contributed by atoms with E-state index in [-0.39, 0.29) is 17.8 Å². The van der Waals surface area contributed by atoms with Crippen molar-refractivity contribution in [2.45, 2.75) is 65.8 Å². The summed E-state index contributed by atoms with van der Waals surface area (Å²) in [5.41, 5.74) is 0. The number of aliphatic hydroxyl groups excluding tert-OH is 3. The highest BCUT2D eigenvalue weighted by Crippen LogP contribution is 2.25. The molecule has 0 aliphatic carbocycles. The third-order valence-electron chi connectivity index (χ3n) is 3.87. The molecule has 0 amide bonds. The first-order chi connectivity index (χ1) is 7.36. The summed E-state index contributed by atoms with van der Waals surface area (Å²) in [5.74, 6) is -0.222. The lowest BCUT2D eigenvalue weighted by atomic mass is 9.81. The summed E-state index contributed by atoms with van der Waals surface area (Å²) < 4.78 is 0. The minimum absolute atomic E-state index is 0.176. The maximum absolute atomic E-state index is 10.1. The summed E-state index contributed by atoms with van der Waals surface area (Å²) in [4.78, 5) is 0. The molecule has 3 heteroatoms. The number of hydrogen-bond donors (Lipinski definition) is 3. The van der Waals surface area contributed by atoms with Crippen LogP contribution in [0.25, 0.3) is 0 Å². The predicted molar refractivity (Wildman–Crippen MR) is 66.1 cm³/mol. The van der Waals surface area contributed by atoms with Crippen molar-refractivity contribution in [1.29, 1.82) is 0 Å². The Morgan fingerprint density at radius 1 is 0.750 bits per heavy atom. The van der Waals surface area contributed by atoms with Crippen LogP contribution in [0, 0.1) is 17.8 Å². The number of hydrogen-bond acceptors (Lipinski definition) is 3. The van der Waals surface area contributed by atoms with Gasteiger partial charge < -0.3 is 15.3 Å². The predicted octanol–water partition coefficient (Wildman–Crippen LogP) is 1.80. The van der Waals surface area contributed by atoms with Gasteiger partial charge in [-0.1, -0.05) is 41.0 Å². The average molecular weight is 232 g/mol. The van der Waals surface area contributed by atoms with Crippen molar-refractivity contribution in [3.05, 3.63) is 0 Å². The van der Waals surface area contributed by atoms with E-state index in [1.165, 1.54) is 0 Å². The van der Waals surface area contributed by atoms with Gasteiger partial charge in [-0.25, -0.2) is 0 Å². The Labute approximate surface area is 99.5 Å². The molecule has 0 saturated carbocycles. The summed E-state index contributed by atoms with van der Waals surface area (Å²) in [6, 6.07) is 0. The maximum Gasteiger partial charge on any atom is 0.0640 e. The molecule has 0 fully saturated rings. The molecule has 0 aliphatic rings. The zero-order valence-corrected chi connectivity index (χ0v) is 11.2. The fraction of sp³-hybridized carbons (Fsp3) is 1.00. The quantitative estimate of drug-likeness (QED) is 0.627. The van der Waals surface area contributed by atoms with Crippen molar-refractivity contribution < 1.29 is 15.3 Å². The fourth-order valence-electron chi connectivity index (χ4n) is 2.04. The molecular weight excluding hydrogens is 204 g/mol. The molecule has 0 spiro atoms.